The molecule has 2 aromatic heterocycles. The average Bonchev–Trinajstić information content (AvgIpc) is 3.15. The lowest BCUT2D eigenvalue weighted by Gasteiger charge is -2.22. The molecule has 1 amide bonds. The summed E-state index contributed by atoms with van der Waals surface area (Å²) in [5.74, 6) is 1.25. The zero-order chi connectivity index (χ0) is 15.9. The molecule has 0 saturated carbocycles. The van der Waals surface area contributed by atoms with Crippen LogP contribution in [-0.4, -0.2) is 37.3 Å². The van der Waals surface area contributed by atoms with E-state index in [9.17, 15) is 4.79 Å². The highest BCUT2D eigenvalue weighted by Gasteiger charge is 2.33. The van der Waals surface area contributed by atoms with E-state index in [0.29, 0.717) is 18.1 Å². The Morgan fingerprint density at radius 3 is 2.73 bits per heavy atom. The van der Waals surface area contributed by atoms with Crippen LogP contribution >= 0.6 is 0 Å². The van der Waals surface area contributed by atoms with Crippen LogP contribution in [0.4, 0.5) is 0 Å². The van der Waals surface area contributed by atoms with Crippen molar-refractivity contribution in [1.82, 2.24) is 24.8 Å². The zero-order valence-electron chi connectivity index (χ0n) is 13.5. The maximum Gasteiger partial charge on any atom is 0.227 e. The number of carbonyl (C=O) groups excluding carboxylic acids is 1. The summed E-state index contributed by atoms with van der Waals surface area (Å²) in [5.41, 5.74) is 2.97. The van der Waals surface area contributed by atoms with Crippen LogP contribution in [0.1, 0.15) is 47.5 Å². The summed E-state index contributed by atoms with van der Waals surface area (Å²) in [7, 11) is 1.90. The lowest BCUT2D eigenvalue weighted by atomic mass is 10.1. The van der Waals surface area contributed by atoms with Gasteiger partial charge in [-0.15, -0.1) is 0 Å². The molecule has 2 aromatic rings. The van der Waals surface area contributed by atoms with Crippen molar-refractivity contribution in [3.63, 3.8) is 0 Å². The summed E-state index contributed by atoms with van der Waals surface area (Å²) in [6.45, 7) is 6.45. The third kappa shape index (κ3) is 2.51. The van der Waals surface area contributed by atoms with Crippen LogP contribution < -0.4 is 0 Å². The van der Waals surface area contributed by atoms with Gasteiger partial charge in [-0.3, -0.25) is 9.48 Å². The molecule has 1 fully saturated rings. The molecule has 1 saturated heterocycles. The molecule has 118 valence electrons. The molecular formula is C15H21N5O2. The van der Waals surface area contributed by atoms with Gasteiger partial charge in [0, 0.05) is 31.8 Å². The first-order valence-corrected chi connectivity index (χ1v) is 7.56. The summed E-state index contributed by atoms with van der Waals surface area (Å²) in [5, 5.41) is 8.36. The predicted octanol–water partition coefficient (Wildman–Crippen LogP) is 1.63. The molecule has 7 nitrogen and oxygen atoms in total. The highest BCUT2D eigenvalue weighted by atomic mass is 16.5. The van der Waals surface area contributed by atoms with Crippen LogP contribution in [0, 0.1) is 20.8 Å². The number of hydrogen-bond donors (Lipinski definition) is 0. The molecular weight excluding hydrogens is 282 g/mol. The second-order valence-electron chi connectivity index (χ2n) is 5.87. The fourth-order valence-corrected chi connectivity index (χ4v) is 3.11. The van der Waals surface area contributed by atoms with Gasteiger partial charge in [-0.1, -0.05) is 5.16 Å². The molecule has 0 bridgehead atoms. The number of likely N-dealkylation sites (tertiary alicyclic amines) is 1. The minimum Gasteiger partial charge on any atom is -0.340 e. The molecule has 0 aliphatic carbocycles. The molecule has 22 heavy (non-hydrogen) atoms. The lowest BCUT2D eigenvalue weighted by molar-refractivity contribution is -0.131. The van der Waals surface area contributed by atoms with Crippen molar-refractivity contribution in [2.45, 2.75) is 46.1 Å². The number of aryl methyl sites for hydroxylation is 3. The average molecular weight is 303 g/mol. The number of rotatable bonds is 3. The van der Waals surface area contributed by atoms with Crippen molar-refractivity contribution in [1.29, 1.82) is 0 Å². The number of hydrogen-bond acceptors (Lipinski definition) is 5. The Bertz CT molecular complexity index is 703. The Labute approximate surface area is 129 Å². The minimum absolute atomic E-state index is 0.0674. The fourth-order valence-electron chi connectivity index (χ4n) is 3.11. The fraction of sp³-hybridized carbons (Fsp3) is 0.600. The molecule has 1 aliphatic rings. The molecule has 7 heteroatoms. The van der Waals surface area contributed by atoms with Crippen molar-refractivity contribution in [3.8, 4) is 0 Å². The molecule has 1 atom stereocenters. The Morgan fingerprint density at radius 2 is 2.14 bits per heavy atom. The van der Waals surface area contributed by atoms with E-state index in [-0.39, 0.29) is 11.9 Å². The van der Waals surface area contributed by atoms with Gasteiger partial charge in [0.05, 0.1) is 18.2 Å². The van der Waals surface area contributed by atoms with Crippen molar-refractivity contribution in [2.75, 3.05) is 6.54 Å². The summed E-state index contributed by atoms with van der Waals surface area (Å²) in [6.07, 6.45) is 2.23. The van der Waals surface area contributed by atoms with E-state index in [1.54, 1.807) is 6.92 Å². The van der Waals surface area contributed by atoms with Crippen molar-refractivity contribution in [3.05, 3.63) is 28.7 Å². The number of aromatic nitrogens is 4. The number of amides is 1. The van der Waals surface area contributed by atoms with E-state index in [0.717, 1.165) is 36.3 Å². The summed E-state index contributed by atoms with van der Waals surface area (Å²) < 4.78 is 6.87. The van der Waals surface area contributed by atoms with E-state index in [2.05, 4.69) is 15.2 Å². The van der Waals surface area contributed by atoms with E-state index in [1.165, 1.54) is 0 Å². The van der Waals surface area contributed by atoms with Gasteiger partial charge >= 0.3 is 0 Å². The van der Waals surface area contributed by atoms with Gasteiger partial charge in [0.2, 0.25) is 11.8 Å². The van der Waals surface area contributed by atoms with E-state index >= 15 is 0 Å². The van der Waals surface area contributed by atoms with Crippen LogP contribution in [0.5, 0.6) is 0 Å². The Kier molecular flexibility index (Phi) is 3.72. The number of nitrogens with zero attached hydrogens (tertiary/aromatic N) is 5. The highest BCUT2D eigenvalue weighted by Crippen LogP contribution is 2.31. The standard InChI is InChI=1S/C15H21N5O2/c1-9-12(10(2)19(4)17-9)8-14(21)20-7-5-6-13(20)15-16-11(3)22-18-15/h13H,5-8H2,1-4H3/t13-/m0/s1. The first kappa shape index (κ1) is 14.7. The van der Waals surface area contributed by atoms with Gasteiger partial charge in [0.25, 0.3) is 0 Å². The predicted molar refractivity (Wildman–Crippen MR) is 79.1 cm³/mol. The first-order valence-electron chi connectivity index (χ1n) is 7.56. The molecule has 0 aromatic carbocycles. The molecule has 0 unspecified atom stereocenters. The van der Waals surface area contributed by atoms with Crippen LogP contribution in [0.2, 0.25) is 0 Å². The minimum atomic E-state index is -0.0674. The van der Waals surface area contributed by atoms with E-state index in [4.69, 9.17) is 4.52 Å². The highest BCUT2D eigenvalue weighted by molar-refractivity contribution is 5.80. The summed E-state index contributed by atoms with van der Waals surface area (Å²) >= 11 is 0. The molecule has 0 N–H and O–H groups in total. The largest absolute Gasteiger partial charge is 0.340 e. The summed E-state index contributed by atoms with van der Waals surface area (Å²) in [4.78, 5) is 18.9. The van der Waals surface area contributed by atoms with Crippen molar-refractivity contribution >= 4 is 5.91 Å². The van der Waals surface area contributed by atoms with Crippen LogP contribution in [0.15, 0.2) is 4.52 Å². The van der Waals surface area contributed by atoms with Crippen molar-refractivity contribution < 1.29 is 9.32 Å². The topological polar surface area (TPSA) is 77.1 Å². The summed E-state index contributed by atoms with van der Waals surface area (Å²) in [6, 6.07) is -0.0674. The SMILES string of the molecule is Cc1nc([C@@H]2CCCN2C(=O)Cc2c(C)nn(C)c2C)no1. The third-order valence-electron chi connectivity index (χ3n) is 4.40. The molecule has 3 rings (SSSR count). The second-order valence-corrected chi connectivity index (χ2v) is 5.87. The Morgan fingerprint density at radius 1 is 1.36 bits per heavy atom. The number of carbonyl (C=O) groups is 1. The van der Waals surface area contributed by atoms with Crippen LogP contribution in [0.25, 0.3) is 0 Å². The van der Waals surface area contributed by atoms with Gasteiger partial charge in [-0.05, 0) is 26.7 Å². The normalized spacial score (nSPS) is 18.2. The monoisotopic (exact) mass is 303 g/mol. The third-order valence-corrected chi connectivity index (χ3v) is 4.40. The van der Waals surface area contributed by atoms with Gasteiger partial charge < -0.3 is 9.42 Å². The van der Waals surface area contributed by atoms with Gasteiger partial charge in [0.15, 0.2) is 5.82 Å². The van der Waals surface area contributed by atoms with E-state index in [1.807, 2.05) is 30.5 Å². The van der Waals surface area contributed by atoms with Crippen molar-refractivity contribution in [2.24, 2.45) is 7.05 Å². The van der Waals surface area contributed by atoms with Crippen LogP contribution in [-0.2, 0) is 18.3 Å². The van der Waals surface area contributed by atoms with Gasteiger partial charge in [-0.2, -0.15) is 10.1 Å². The quantitative estimate of drug-likeness (QED) is 0.861. The van der Waals surface area contributed by atoms with Crippen LogP contribution in [0.3, 0.4) is 0 Å². The van der Waals surface area contributed by atoms with Gasteiger partial charge in [-0.25, -0.2) is 0 Å². The van der Waals surface area contributed by atoms with E-state index < -0.39 is 0 Å². The zero-order valence-corrected chi connectivity index (χ0v) is 13.5. The molecule has 3 heterocycles. The Balaban J connectivity index is 1.79. The molecule has 0 spiro atoms. The first-order chi connectivity index (χ1) is 10.5. The maximum absolute atomic E-state index is 12.7. The van der Waals surface area contributed by atoms with Gasteiger partial charge in [0.1, 0.15) is 0 Å². The Hall–Kier alpha value is -2.18. The maximum atomic E-state index is 12.7. The molecule has 1 aliphatic heterocycles. The second kappa shape index (κ2) is 5.55. The lowest BCUT2D eigenvalue weighted by Crippen LogP contribution is -2.32. The smallest absolute Gasteiger partial charge is 0.227 e. The molecule has 0 radical (unpaired) electrons.